The van der Waals surface area contributed by atoms with Crippen LogP contribution in [0.2, 0.25) is 0 Å². The summed E-state index contributed by atoms with van der Waals surface area (Å²) in [6.45, 7) is 4.03. The molecule has 1 heterocycles. The Morgan fingerprint density at radius 3 is 2.89 bits per heavy atom. The van der Waals surface area contributed by atoms with E-state index in [0.29, 0.717) is 18.7 Å². The van der Waals surface area contributed by atoms with Crippen molar-refractivity contribution in [3.63, 3.8) is 0 Å². The van der Waals surface area contributed by atoms with E-state index in [2.05, 4.69) is 33.0 Å². The van der Waals surface area contributed by atoms with Gasteiger partial charge in [-0.25, -0.2) is 0 Å². The molecular weight excluding hydrogens is 296 g/mol. The summed E-state index contributed by atoms with van der Waals surface area (Å²) in [5.41, 5.74) is 1.44. The number of carbonyl (C=O) groups is 1. The van der Waals surface area contributed by atoms with Crippen molar-refractivity contribution in [3.8, 4) is 0 Å². The molecule has 0 spiro atoms. The molecule has 18 heavy (non-hydrogen) atoms. The molecule has 1 N–H and O–H groups in total. The fourth-order valence-electron chi connectivity index (χ4n) is 1.64. The van der Waals surface area contributed by atoms with E-state index in [1.165, 1.54) is 0 Å². The lowest BCUT2D eigenvalue weighted by molar-refractivity contribution is -0.114. The minimum absolute atomic E-state index is 0.167. The van der Waals surface area contributed by atoms with Crippen LogP contribution in [-0.4, -0.2) is 18.2 Å². The molecule has 0 aliphatic carbocycles. The predicted octanol–water partition coefficient (Wildman–Crippen LogP) is 2.53. The Morgan fingerprint density at radius 2 is 2.22 bits per heavy atom. The number of benzene rings is 1. The Balaban J connectivity index is 1.91. The molecule has 1 aromatic carbocycles. The second-order valence-corrected chi connectivity index (χ2v) is 5.07. The summed E-state index contributed by atoms with van der Waals surface area (Å²) in [6.07, 6.45) is 0.323. The molecule has 0 fully saturated rings. The van der Waals surface area contributed by atoms with Gasteiger partial charge in [-0.15, -0.1) is 0 Å². The normalized spacial score (nSPS) is 17.8. The van der Waals surface area contributed by atoms with Crippen molar-refractivity contribution < 1.29 is 9.63 Å². The average Bonchev–Trinajstić information content (AvgIpc) is 2.86. The van der Waals surface area contributed by atoms with Gasteiger partial charge in [-0.05, 0) is 5.56 Å². The molecule has 1 aromatic rings. The third kappa shape index (κ3) is 3.20. The average molecular weight is 309 g/mol. The zero-order valence-electron chi connectivity index (χ0n) is 9.73. The Bertz CT molecular complexity index is 485. The van der Waals surface area contributed by atoms with E-state index < -0.39 is 0 Å². The van der Waals surface area contributed by atoms with Crippen LogP contribution in [0.25, 0.3) is 0 Å². The van der Waals surface area contributed by atoms with Gasteiger partial charge < -0.3 is 10.2 Å². The minimum atomic E-state index is -0.214. The van der Waals surface area contributed by atoms with Gasteiger partial charge in [0.05, 0.1) is 0 Å². The Labute approximate surface area is 114 Å². The second-order valence-electron chi connectivity index (χ2n) is 3.95. The van der Waals surface area contributed by atoms with Gasteiger partial charge in [0.15, 0.2) is 6.10 Å². The lowest BCUT2D eigenvalue weighted by Gasteiger charge is -2.07. The zero-order chi connectivity index (χ0) is 13.0. The summed E-state index contributed by atoms with van der Waals surface area (Å²) >= 11 is 3.18. The van der Waals surface area contributed by atoms with Crippen LogP contribution in [-0.2, 0) is 9.63 Å². The van der Waals surface area contributed by atoms with E-state index >= 15 is 0 Å². The van der Waals surface area contributed by atoms with Gasteiger partial charge in [-0.2, -0.15) is 0 Å². The van der Waals surface area contributed by atoms with E-state index in [-0.39, 0.29) is 12.0 Å². The molecule has 1 atom stereocenters. The van der Waals surface area contributed by atoms with Crippen LogP contribution < -0.4 is 5.32 Å². The topological polar surface area (TPSA) is 50.7 Å². The maximum atomic E-state index is 11.7. The molecule has 1 aliphatic heterocycles. The third-order valence-corrected chi connectivity index (χ3v) is 2.82. The molecule has 2 rings (SSSR count). The standard InChI is InChI=1S/C13H13BrN2O2/c1-9(14)8-15-13(17)11-7-12(18-16-11)10-5-3-2-4-6-10/h2-6,12H,1,7-8H2,(H,15,17)/t12-/m1/s1. The monoisotopic (exact) mass is 308 g/mol. The number of amides is 1. The van der Waals surface area contributed by atoms with Crippen molar-refractivity contribution in [1.82, 2.24) is 5.32 Å². The summed E-state index contributed by atoms with van der Waals surface area (Å²) in [5.74, 6) is -0.214. The first kappa shape index (κ1) is 12.8. The van der Waals surface area contributed by atoms with Crippen LogP contribution in [0.5, 0.6) is 0 Å². The number of hydrogen-bond acceptors (Lipinski definition) is 3. The van der Waals surface area contributed by atoms with E-state index in [0.717, 1.165) is 10.0 Å². The quantitative estimate of drug-likeness (QED) is 0.929. The summed E-state index contributed by atoms with van der Waals surface area (Å²) in [7, 11) is 0. The van der Waals surface area contributed by atoms with E-state index in [9.17, 15) is 4.79 Å². The van der Waals surface area contributed by atoms with Crippen LogP contribution in [0.4, 0.5) is 0 Å². The van der Waals surface area contributed by atoms with Gasteiger partial charge in [0, 0.05) is 17.4 Å². The lowest BCUT2D eigenvalue weighted by Crippen LogP contribution is -2.31. The van der Waals surface area contributed by atoms with E-state index in [1.807, 2.05) is 30.3 Å². The maximum absolute atomic E-state index is 11.7. The molecule has 0 saturated carbocycles. The smallest absolute Gasteiger partial charge is 0.269 e. The maximum Gasteiger partial charge on any atom is 0.269 e. The van der Waals surface area contributed by atoms with Crippen LogP contribution in [0.1, 0.15) is 18.1 Å². The van der Waals surface area contributed by atoms with Gasteiger partial charge in [-0.3, -0.25) is 4.79 Å². The highest BCUT2D eigenvalue weighted by Gasteiger charge is 2.26. The van der Waals surface area contributed by atoms with Crippen molar-refractivity contribution in [1.29, 1.82) is 0 Å². The predicted molar refractivity (Wildman–Crippen MR) is 73.4 cm³/mol. The number of carbonyl (C=O) groups excluding carboxylic acids is 1. The van der Waals surface area contributed by atoms with Crippen molar-refractivity contribution in [2.45, 2.75) is 12.5 Å². The third-order valence-electron chi connectivity index (χ3n) is 2.54. The molecule has 0 unspecified atom stereocenters. The van der Waals surface area contributed by atoms with Crippen LogP contribution in [0, 0.1) is 0 Å². The van der Waals surface area contributed by atoms with Crippen molar-refractivity contribution in [2.75, 3.05) is 6.54 Å². The van der Waals surface area contributed by atoms with Crippen LogP contribution >= 0.6 is 15.9 Å². The Kier molecular flexibility index (Phi) is 4.15. The van der Waals surface area contributed by atoms with Gasteiger partial charge in [-0.1, -0.05) is 58.0 Å². The summed E-state index contributed by atoms with van der Waals surface area (Å²) in [5, 5.41) is 6.53. The fraction of sp³-hybridized carbons (Fsp3) is 0.231. The van der Waals surface area contributed by atoms with Crippen LogP contribution in [0.3, 0.4) is 0 Å². The van der Waals surface area contributed by atoms with E-state index in [1.54, 1.807) is 0 Å². The summed E-state index contributed by atoms with van der Waals surface area (Å²) in [6, 6.07) is 9.73. The zero-order valence-corrected chi connectivity index (χ0v) is 11.3. The number of halogens is 1. The molecule has 0 bridgehead atoms. The number of rotatable bonds is 4. The Hall–Kier alpha value is -1.62. The first-order valence-electron chi connectivity index (χ1n) is 5.56. The molecule has 94 valence electrons. The second kappa shape index (κ2) is 5.82. The molecule has 5 heteroatoms. The molecule has 0 saturated heterocycles. The fourth-order valence-corrected chi connectivity index (χ4v) is 1.78. The lowest BCUT2D eigenvalue weighted by atomic mass is 10.0. The van der Waals surface area contributed by atoms with E-state index in [4.69, 9.17) is 4.84 Å². The number of oxime groups is 1. The number of hydrogen-bond donors (Lipinski definition) is 1. The summed E-state index contributed by atoms with van der Waals surface area (Å²) in [4.78, 5) is 17.0. The molecule has 0 aromatic heterocycles. The van der Waals surface area contributed by atoms with Gasteiger partial charge in [0.25, 0.3) is 5.91 Å². The highest BCUT2D eigenvalue weighted by atomic mass is 79.9. The van der Waals surface area contributed by atoms with Crippen molar-refractivity contribution in [3.05, 3.63) is 47.0 Å². The number of nitrogens with one attached hydrogen (secondary N) is 1. The summed E-state index contributed by atoms with van der Waals surface area (Å²) < 4.78 is 0.718. The van der Waals surface area contributed by atoms with Crippen molar-refractivity contribution >= 4 is 27.5 Å². The molecular formula is C13H13BrN2O2. The molecule has 4 nitrogen and oxygen atoms in total. The largest absolute Gasteiger partial charge is 0.387 e. The molecule has 1 aliphatic rings. The van der Waals surface area contributed by atoms with Gasteiger partial charge in [0.1, 0.15) is 5.71 Å². The van der Waals surface area contributed by atoms with Crippen molar-refractivity contribution in [2.24, 2.45) is 5.16 Å². The minimum Gasteiger partial charge on any atom is -0.387 e. The molecule has 1 amide bonds. The van der Waals surface area contributed by atoms with Crippen LogP contribution in [0.15, 0.2) is 46.5 Å². The molecule has 0 radical (unpaired) electrons. The first-order valence-corrected chi connectivity index (χ1v) is 6.35. The SMILES string of the molecule is C=C(Br)CNC(=O)C1=NO[C@@H](c2ccccc2)C1. The van der Waals surface area contributed by atoms with Gasteiger partial charge >= 0.3 is 0 Å². The Morgan fingerprint density at radius 1 is 1.50 bits per heavy atom. The highest BCUT2D eigenvalue weighted by Crippen LogP contribution is 2.26. The first-order chi connectivity index (χ1) is 8.66. The van der Waals surface area contributed by atoms with Gasteiger partial charge in [0.2, 0.25) is 0 Å². The number of nitrogens with zero attached hydrogens (tertiary/aromatic N) is 1. The highest BCUT2D eigenvalue weighted by molar-refractivity contribution is 9.11.